The number of benzene rings is 2. The minimum Gasteiger partial charge on any atom is -0.480 e. The minimum absolute atomic E-state index is 0.0486. The van der Waals surface area contributed by atoms with Crippen molar-refractivity contribution >= 4 is 51.0 Å². The van der Waals surface area contributed by atoms with Crippen molar-refractivity contribution in [3.63, 3.8) is 0 Å². The van der Waals surface area contributed by atoms with Crippen LogP contribution >= 0.6 is 23.2 Å². The van der Waals surface area contributed by atoms with Crippen LogP contribution in [0.25, 0.3) is 0 Å². The van der Waals surface area contributed by atoms with Gasteiger partial charge in [-0.15, -0.1) is 0 Å². The number of anilines is 1. The molecule has 0 unspecified atom stereocenters. The van der Waals surface area contributed by atoms with Crippen molar-refractivity contribution in [1.29, 1.82) is 0 Å². The molecule has 11 heteroatoms. The van der Waals surface area contributed by atoms with Crippen LogP contribution in [0.1, 0.15) is 35.2 Å². The summed E-state index contributed by atoms with van der Waals surface area (Å²) in [5, 5.41) is 12.6. The molecule has 2 aromatic carbocycles. The maximum absolute atomic E-state index is 12.5. The Morgan fingerprint density at radius 2 is 1.59 bits per heavy atom. The third-order valence-electron chi connectivity index (χ3n) is 5.09. The molecule has 1 heterocycles. The number of aliphatic carboxylic acids is 1. The summed E-state index contributed by atoms with van der Waals surface area (Å²) in [5.74, 6) is -1.75. The number of hydrogen-bond acceptors (Lipinski definition) is 4. The monoisotopic (exact) mass is 499 g/mol. The highest BCUT2D eigenvalue weighted by atomic mass is 35.5. The summed E-state index contributed by atoms with van der Waals surface area (Å²) in [6.45, 7) is 0.761. The molecule has 1 amide bonds. The number of halogens is 2. The third-order valence-corrected chi connectivity index (χ3v) is 7.34. The van der Waals surface area contributed by atoms with E-state index < -0.39 is 28.1 Å². The number of carbonyl (C=O) groups is 2. The Morgan fingerprint density at radius 3 is 2.16 bits per heavy atom. The molecule has 0 aromatic heterocycles. The average molecular weight is 500 g/mol. The summed E-state index contributed by atoms with van der Waals surface area (Å²) in [7, 11) is -3.89. The first-order valence-corrected chi connectivity index (χ1v) is 12.2. The van der Waals surface area contributed by atoms with Crippen LogP contribution in [0.2, 0.25) is 10.0 Å². The highest BCUT2D eigenvalue weighted by molar-refractivity contribution is 7.87. The summed E-state index contributed by atoms with van der Waals surface area (Å²) in [4.78, 5) is 24.1. The second kappa shape index (κ2) is 10.6. The first-order chi connectivity index (χ1) is 15.2. The molecule has 172 valence electrons. The molecule has 3 N–H and O–H groups in total. The summed E-state index contributed by atoms with van der Waals surface area (Å²) in [5.41, 5.74) is 1.20. The van der Waals surface area contributed by atoms with E-state index in [-0.39, 0.29) is 22.0 Å². The quantitative estimate of drug-likeness (QED) is 0.513. The Morgan fingerprint density at radius 1 is 1.00 bits per heavy atom. The van der Waals surface area contributed by atoms with E-state index in [1.165, 1.54) is 4.31 Å². The second-order valence-electron chi connectivity index (χ2n) is 7.43. The van der Waals surface area contributed by atoms with Crippen molar-refractivity contribution in [2.45, 2.75) is 31.7 Å². The Balaban J connectivity index is 1.66. The predicted molar refractivity (Wildman–Crippen MR) is 123 cm³/mol. The Kier molecular flexibility index (Phi) is 8.13. The number of carbonyl (C=O) groups excluding carboxylic acids is 1. The fourth-order valence-corrected chi connectivity index (χ4v) is 5.41. The van der Waals surface area contributed by atoms with Gasteiger partial charge in [0.15, 0.2) is 0 Å². The molecule has 1 aliphatic rings. The van der Waals surface area contributed by atoms with Gasteiger partial charge in [0.05, 0.1) is 15.6 Å². The van der Waals surface area contributed by atoms with Crippen LogP contribution in [0.4, 0.5) is 5.69 Å². The molecule has 3 rings (SSSR count). The highest BCUT2D eigenvalue weighted by Crippen LogP contribution is 2.25. The van der Waals surface area contributed by atoms with E-state index in [0.717, 1.165) is 19.3 Å². The molecule has 0 aliphatic carbocycles. The third kappa shape index (κ3) is 6.20. The van der Waals surface area contributed by atoms with Crippen LogP contribution in [-0.2, 0) is 21.4 Å². The fraction of sp³-hybridized carbons (Fsp3) is 0.333. The first-order valence-electron chi connectivity index (χ1n) is 10.0. The predicted octanol–water partition coefficient (Wildman–Crippen LogP) is 3.56. The molecular formula is C21H23Cl2N3O5S. The van der Waals surface area contributed by atoms with Crippen molar-refractivity contribution in [2.75, 3.05) is 18.4 Å². The van der Waals surface area contributed by atoms with Crippen LogP contribution in [0, 0.1) is 0 Å². The van der Waals surface area contributed by atoms with Crippen molar-refractivity contribution in [3.8, 4) is 0 Å². The highest BCUT2D eigenvalue weighted by Gasteiger charge is 2.30. The van der Waals surface area contributed by atoms with E-state index >= 15 is 0 Å². The molecule has 0 saturated carbocycles. The molecule has 1 atom stereocenters. The number of carboxylic acids is 1. The number of piperidine rings is 1. The van der Waals surface area contributed by atoms with Crippen LogP contribution in [0.5, 0.6) is 0 Å². The lowest BCUT2D eigenvalue weighted by molar-refractivity contribution is -0.138. The van der Waals surface area contributed by atoms with Gasteiger partial charge in [0, 0.05) is 18.8 Å². The van der Waals surface area contributed by atoms with Crippen molar-refractivity contribution in [2.24, 2.45) is 0 Å². The van der Waals surface area contributed by atoms with Gasteiger partial charge in [-0.25, -0.2) is 0 Å². The largest absolute Gasteiger partial charge is 0.480 e. The molecule has 2 aromatic rings. The Hall–Kier alpha value is -2.17. The first kappa shape index (κ1) is 24.5. The number of nitrogens with one attached hydrogen (secondary N) is 2. The van der Waals surface area contributed by atoms with Crippen molar-refractivity contribution in [1.82, 2.24) is 9.03 Å². The zero-order valence-electron chi connectivity index (χ0n) is 17.1. The van der Waals surface area contributed by atoms with Crippen LogP contribution in [0.3, 0.4) is 0 Å². The van der Waals surface area contributed by atoms with Gasteiger partial charge in [-0.05, 0) is 49.1 Å². The summed E-state index contributed by atoms with van der Waals surface area (Å²) in [6.07, 6.45) is 2.42. The standard InChI is InChI=1S/C21H23Cl2N3O5S/c22-16-5-4-6-17(23)19(16)20(27)24-15-9-7-14(8-10-15)13-18(21(28)29)25-32(30,31)26-11-2-1-3-12-26/h4-10,18,25H,1-3,11-13H2,(H,24,27)(H,28,29)/t18-/m0/s1. The Labute approximate surface area is 196 Å². The lowest BCUT2D eigenvalue weighted by Gasteiger charge is -2.27. The van der Waals surface area contributed by atoms with Crippen LogP contribution < -0.4 is 10.0 Å². The zero-order valence-corrected chi connectivity index (χ0v) is 19.4. The van der Waals surface area contributed by atoms with E-state index in [1.54, 1.807) is 42.5 Å². The SMILES string of the molecule is O=C(Nc1ccc(C[C@H](NS(=O)(=O)N2CCCCC2)C(=O)O)cc1)c1c(Cl)cccc1Cl. The summed E-state index contributed by atoms with van der Waals surface area (Å²) < 4.78 is 28.7. The molecule has 1 saturated heterocycles. The topological polar surface area (TPSA) is 116 Å². The van der Waals surface area contributed by atoms with Gasteiger partial charge in [-0.2, -0.15) is 17.4 Å². The van der Waals surface area contributed by atoms with Gasteiger partial charge in [0.2, 0.25) is 0 Å². The normalized spacial score (nSPS) is 15.8. The average Bonchev–Trinajstić information content (AvgIpc) is 2.75. The van der Waals surface area contributed by atoms with Gasteiger partial charge in [-0.3, -0.25) is 9.59 Å². The molecule has 0 radical (unpaired) electrons. The van der Waals surface area contributed by atoms with E-state index in [2.05, 4.69) is 10.0 Å². The molecular weight excluding hydrogens is 477 g/mol. The number of nitrogens with zero attached hydrogens (tertiary/aromatic N) is 1. The number of carboxylic acid groups (broad SMARTS) is 1. The maximum atomic E-state index is 12.5. The van der Waals surface area contributed by atoms with Crippen LogP contribution in [0.15, 0.2) is 42.5 Å². The van der Waals surface area contributed by atoms with Gasteiger partial charge in [0.1, 0.15) is 6.04 Å². The molecule has 1 fully saturated rings. The van der Waals surface area contributed by atoms with Crippen molar-refractivity contribution < 1.29 is 23.1 Å². The maximum Gasteiger partial charge on any atom is 0.322 e. The fourth-order valence-electron chi connectivity index (χ4n) is 3.41. The number of hydrogen-bond donors (Lipinski definition) is 3. The zero-order chi connectivity index (χ0) is 23.3. The van der Waals surface area contributed by atoms with Gasteiger partial charge in [0.25, 0.3) is 16.1 Å². The molecule has 0 spiro atoms. The second-order valence-corrected chi connectivity index (χ2v) is 9.94. The molecule has 32 heavy (non-hydrogen) atoms. The van der Waals surface area contributed by atoms with Crippen LogP contribution in [-0.4, -0.2) is 48.8 Å². The Bertz CT molecular complexity index is 1070. The number of rotatable bonds is 8. The smallest absolute Gasteiger partial charge is 0.322 e. The van der Waals surface area contributed by atoms with E-state index in [0.29, 0.717) is 24.3 Å². The lowest BCUT2D eigenvalue weighted by atomic mass is 10.1. The van der Waals surface area contributed by atoms with Gasteiger partial charge >= 0.3 is 5.97 Å². The minimum atomic E-state index is -3.89. The van der Waals surface area contributed by atoms with Crippen molar-refractivity contribution in [3.05, 3.63) is 63.6 Å². The molecule has 0 bridgehead atoms. The van der Waals surface area contributed by atoms with Gasteiger partial charge < -0.3 is 10.4 Å². The molecule has 1 aliphatic heterocycles. The van der Waals surface area contributed by atoms with E-state index in [4.69, 9.17) is 23.2 Å². The lowest BCUT2D eigenvalue weighted by Crippen LogP contribution is -2.50. The van der Waals surface area contributed by atoms with E-state index in [9.17, 15) is 23.1 Å². The van der Waals surface area contributed by atoms with E-state index in [1.807, 2.05) is 0 Å². The summed E-state index contributed by atoms with van der Waals surface area (Å²) >= 11 is 12.1. The van der Waals surface area contributed by atoms with Gasteiger partial charge in [-0.1, -0.05) is 47.8 Å². The number of amides is 1. The summed E-state index contributed by atoms with van der Waals surface area (Å²) in [6, 6.07) is 9.86. The molecule has 8 nitrogen and oxygen atoms in total.